The van der Waals surface area contributed by atoms with Gasteiger partial charge in [0.1, 0.15) is 11.5 Å². The third-order valence-corrected chi connectivity index (χ3v) is 3.88. The van der Waals surface area contributed by atoms with Gasteiger partial charge in [-0.2, -0.15) is 5.10 Å². The second kappa shape index (κ2) is 7.74. The molecule has 0 aliphatic heterocycles. The molecule has 3 rings (SSSR count). The molecule has 0 atom stereocenters. The summed E-state index contributed by atoms with van der Waals surface area (Å²) < 4.78 is 12.5. The largest absolute Gasteiger partial charge is 0.497 e. The molecule has 0 spiro atoms. The average Bonchev–Trinajstić information content (AvgIpc) is 3.10. The summed E-state index contributed by atoms with van der Waals surface area (Å²) in [5, 5.41) is 7.06. The van der Waals surface area contributed by atoms with Crippen molar-refractivity contribution in [2.75, 3.05) is 12.4 Å². The first-order valence-electron chi connectivity index (χ1n) is 8.24. The van der Waals surface area contributed by atoms with Gasteiger partial charge >= 0.3 is 0 Å². The number of amides is 1. The van der Waals surface area contributed by atoms with Gasteiger partial charge in [0.15, 0.2) is 12.4 Å². The topological polar surface area (TPSA) is 65.4 Å². The molecule has 0 saturated heterocycles. The monoisotopic (exact) mass is 351 g/mol. The van der Waals surface area contributed by atoms with E-state index in [-0.39, 0.29) is 12.6 Å². The van der Waals surface area contributed by atoms with Gasteiger partial charge in [-0.05, 0) is 43.7 Å². The summed E-state index contributed by atoms with van der Waals surface area (Å²) in [5.74, 6) is 1.19. The van der Waals surface area contributed by atoms with Crippen molar-refractivity contribution in [1.29, 1.82) is 0 Å². The average molecular weight is 351 g/mol. The third kappa shape index (κ3) is 4.22. The van der Waals surface area contributed by atoms with Crippen molar-refractivity contribution in [3.05, 3.63) is 71.5 Å². The lowest BCUT2D eigenvalue weighted by molar-refractivity contribution is 0.102. The molecule has 0 fully saturated rings. The highest BCUT2D eigenvalue weighted by Gasteiger charge is 2.11. The first-order valence-corrected chi connectivity index (χ1v) is 8.24. The van der Waals surface area contributed by atoms with Crippen molar-refractivity contribution in [1.82, 2.24) is 9.78 Å². The highest BCUT2D eigenvalue weighted by atomic mass is 16.5. The van der Waals surface area contributed by atoms with Gasteiger partial charge in [0.2, 0.25) is 0 Å². The number of methoxy groups -OCH3 is 1. The van der Waals surface area contributed by atoms with E-state index in [2.05, 4.69) is 16.5 Å². The van der Waals surface area contributed by atoms with Gasteiger partial charge in [0.25, 0.3) is 5.91 Å². The van der Waals surface area contributed by atoms with Crippen LogP contribution in [0.15, 0.2) is 54.7 Å². The summed E-state index contributed by atoms with van der Waals surface area (Å²) in [5.41, 5.74) is 3.21. The fraction of sp³-hybridized carbons (Fsp3) is 0.200. The number of carbonyl (C=O) groups excluding carboxylic acids is 1. The van der Waals surface area contributed by atoms with Crippen LogP contribution in [0.3, 0.4) is 0 Å². The number of carbonyl (C=O) groups is 1. The van der Waals surface area contributed by atoms with Crippen LogP contribution in [0.2, 0.25) is 0 Å². The first-order chi connectivity index (χ1) is 12.5. The summed E-state index contributed by atoms with van der Waals surface area (Å²) in [6.45, 7) is 4.27. The summed E-state index contributed by atoms with van der Waals surface area (Å²) >= 11 is 0. The van der Waals surface area contributed by atoms with Crippen LogP contribution in [0.4, 0.5) is 5.69 Å². The van der Waals surface area contributed by atoms with Gasteiger partial charge in [-0.15, -0.1) is 0 Å². The van der Waals surface area contributed by atoms with Crippen molar-refractivity contribution in [2.45, 2.75) is 20.6 Å². The minimum absolute atomic E-state index is 0.232. The summed E-state index contributed by atoms with van der Waals surface area (Å²) in [6, 6.07) is 14.8. The smallest absolute Gasteiger partial charge is 0.276 e. The Morgan fingerprint density at radius 2 is 2.00 bits per heavy atom. The van der Waals surface area contributed by atoms with E-state index in [9.17, 15) is 4.79 Å². The number of ether oxygens (including phenoxy) is 2. The van der Waals surface area contributed by atoms with Crippen LogP contribution in [0.25, 0.3) is 0 Å². The zero-order valence-electron chi connectivity index (χ0n) is 15.0. The Bertz CT molecular complexity index is 918. The number of anilines is 1. The normalized spacial score (nSPS) is 10.4. The van der Waals surface area contributed by atoms with E-state index in [0.29, 0.717) is 17.1 Å². The van der Waals surface area contributed by atoms with Crippen molar-refractivity contribution in [3.8, 4) is 11.5 Å². The standard InChI is InChI=1S/C20H21N3O3/c1-14-7-8-19(15(2)11-14)26-13-23-10-9-18(22-23)20(24)21-16-5-4-6-17(12-16)25-3/h4-12H,13H2,1-3H3,(H,21,24). The minimum Gasteiger partial charge on any atom is -0.497 e. The molecule has 0 aliphatic carbocycles. The van der Waals surface area contributed by atoms with E-state index in [0.717, 1.165) is 11.3 Å². The lowest BCUT2D eigenvalue weighted by atomic mass is 10.1. The quantitative estimate of drug-likeness (QED) is 0.734. The second-order valence-corrected chi connectivity index (χ2v) is 5.97. The Kier molecular flexibility index (Phi) is 5.22. The molecule has 1 amide bonds. The molecule has 0 aliphatic rings. The lowest BCUT2D eigenvalue weighted by Crippen LogP contribution is -2.14. The molecule has 6 nitrogen and oxygen atoms in total. The SMILES string of the molecule is COc1cccc(NC(=O)c2ccn(COc3ccc(C)cc3C)n2)c1. The number of nitrogens with one attached hydrogen (secondary N) is 1. The third-order valence-electron chi connectivity index (χ3n) is 3.88. The molecule has 3 aromatic rings. The Labute approximate surface area is 152 Å². The fourth-order valence-corrected chi connectivity index (χ4v) is 2.55. The molecule has 26 heavy (non-hydrogen) atoms. The van der Waals surface area contributed by atoms with Gasteiger partial charge in [0, 0.05) is 18.0 Å². The molecule has 0 radical (unpaired) electrons. The van der Waals surface area contributed by atoms with Gasteiger partial charge in [-0.1, -0.05) is 23.8 Å². The highest BCUT2D eigenvalue weighted by Crippen LogP contribution is 2.19. The van der Waals surface area contributed by atoms with Crippen molar-refractivity contribution < 1.29 is 14.3 Å². The van der Waals surface area contributed by atoms with Crippen molar-refractivity contribution in [3.63, 3.8) is 0 Å². The molecule has 1 aromatic heterocycles. The molecular formula is C20H21N3O3. The fourth-order valence-electron chi connectivity index (χ4n) is 2.55. The van der Waals surface area contributed by atoms with Gasteiger partial charge < -0.3 is 14.8 Å². The van der Waals surface area contributed by atoms with Crippen LogP contribution >= 0.6 is 0 Å². The molecule has 6 heteroatoms. The first kappa shape index (κ1) is 17.5. The summed E-state index contributed by atoms with van der Waals surface area (Å²) in [7, 11) is 1.58. The van der Waals surface area contributed by atoms with Crippen LogP contribution < -0.4 is 14.8 Å². The summed E-state index contributed by atoms with van der Waals surface area (Å²) in [4.78, 5) is 12.3. The molecule has 0 bridgehead atoms. The Hall–Kier alpha value is -3.28. The molecule has 134 valence electrons. The van der Waals surface area contributed by atoms with E-state index in [1.54, 1.807) is 36.2 Å². The van der Waals surface area contributed by atoms with Crippen LogP contribution in [0.5, 0.6) is 11.5 Å². The summed E-state index contributed by atoms with van der Waals surface area (Å²) in [6.07, 6.45) is 1.71. The van der Waals surface area contributed by atoms with E-state index in [1.165, 1.54) is 5.56 Å². The minimum atomic E-state index is -0.288. The zero-order chi connectivity index (χ0) is 18.5. The predicted octanol–water partition coefficient (Wildman–Crippen LogP) is 3.80. The van der Waals surface area contributed by atoms with E-state index < -0.39 is 0 Å². The van der Waals surface area contributed by atoms with Gasteiger partial charge in [-0.25, -0.2) is 4.68 Å². The number of rotatable bonds is 6. The van der Waals surface area contributed by atoms with E-state index >= 15 is 0 Å². The Morgan fingerprint density at radius 1 is 1.15 bits per heavy atom. The van der Waals surface area contributed by atoms with Crippen LogP contribution in [-0.2, 0) is 6.73 Å². The lowest BCUT2D eigenvalue weighted by Gasteiger charge is -2.09. The molecule has 1 heterocycles. The number of aryl methyl sites for hydroxylation is 2. The molecule has 0 unspecified atom stereocenters. The maximum Gasteiger partial charge on any atom is 0.276 e. The molecule has 2 aromatic carbocycles. The zero-order valence-corrected chi connectivity index (χ0v) is 15.0. The van der Waals surface area contributed by atoms with E-state index in [4.69, 9.17) is 9.47 Å². The number of aromatic nitrogens is 2. The van der Waals surface area contributed by atoms with Crippen molar-refractivity contribution in [2.24, 2.45) is 0 Å². The van der Waals surface area contributed by atoms with Crippen LogP contribution in [0, 0.1) is 13.8 Å². The van der Waals surface area contributed by atoms with Gasteiger partial charge in [-0.3, -0.25) is 4.79 Å². The van der Waals surface area contributed by atoms with Gasteiger partial charge in [0.05, 0.1) is 7.11 Å². The van der Waals surface area contributed by atoms with Crippen molar-refractivity contribution >= 4 is 11.6 Å². The number of benzene rings is 2. The number of nitrogens with zero attached hydrogens (tertiary/aromatic N) is 2. The molecule has 0 saturated carbocycles. The van der Waals surface area contributed by atoms with E-state index in [1.807, 2.05) is 38.1 Å². The Morgan fingerprint density at radius 3 is 2.77 bits per heavy atom. The molecule has 1 N–H and O–H groups in total. The maximum absolute atomic E-state index is 12.3. The number of hydrogen-bond acceptors (Lipinski definition) is 4. The van der Waals surface area contributed by atoms with Crippen LogP contribution in [-0.4, -0.2) is 22.8 Å². The van der Waals surface area contributed by atoms with Crippen LogP contribution in [0.1, 0.15) is 21.6 Å². The maximum atomic E-state index is 12.3. The predicted molar refractivity (Wildman–Crippen MR) is 99.7 cm³/mol. The second-order valence-electron chi connectivity index (χ2n) is 5.97. The Balaban J connectivity index is 1.62. The number of hydrogen-bond donors (Lipinski definition) is 1. The highest BCUT2D eigenvalue weighted by molar-refractivity contribution is 6.02. The molecular weight excluding hydrogens is 330 g/mol.